The van der Waals surface area contributed by atoms with Crippen LogP contribution in [-0.4, -0.2) is 5.11 Å². The standard InChI is InChI=1S/C12H8ClFO/c13-10-4-2-1-3-9(10)8-5-6-11(14)12(15)7-8/h1-7,15H. The summed E-state index contributed by atoms with van der Waals surface area (Å²) in [7, 11) is 0. The molecule has 0 aromatic heterocycles. The van der Waals surface area contributed by atoms with Gasteiger partial charge in [-0.25, -0.2) is 4.39 Å². The maximum atomic E-state index is 12.8. The highest BCUT2D eigenvalue weighted by Crippen LogP contribution is 2.30. The zero-order chi connectivity index (χ0) is 10.8. The van der Waals surface area contributed by atoms with E-state index in [1.54, 1.807) is 12.1 Å². The van der Waals surface area contributed by atoms with E-state index in [0.717, 1.165) is 5.56 Å². The lowest BCUT2D eigenvalue weighted by atomic mass is 10.1. The van der Waals surface area contributed by atoms with Crippen LogP contribution in [-0.2, 0) is 0 Å². The monoisotopic (exact) mass is 222 g/mol. The van der Waals surface area contributed by atoms with E-state index in [9.17, 15) is 9.50 Å². The van der Waals surface area contributed by atoms with Crippen LogP contribution in [0.15, 0.2) is 42.5 Å². The van der Waals surface area contributed by atoms with E-state index in [-0.39, 0.29) is 5.75 Å². The Hall–Kier alpha value is -1.54. The Morgan fingerprint density at radius 3 is 2.47 bits per heavy atom. The fraction of sp³-hybridized carbons (Fsp3) is 0. The molecule has 0 fully saturated rings. The van der Waals surface area contributed by atoms with Crippen molar-refractivity contribution in [3.63, 3.8) is 0 Å². The van der Waals surface area contributed by atoms with Crippen LogP contribution in [0.4, 0.5) is 4.39 Å². The smallest absolute Gasteiger partial charge is 0.164 e. The third-order valence-electron chi connectivity index (χ3n) is 2.13. The Bertz CT molecular complexity index is 497. The number of aromatic hydroxyl groups is 1. The summed E-state index contributed by atoms with van der Waals surface area (Å²) in [5, 5.41) is 9.81. The lowest BCUT2D eigenvalue weighted by molar-refractivity contribution is 0.433. The summed E-state index contributed by atoms with van der Waals surface area (Å²) in [4.78, 5) is 0. The molecule has 1 nitrogen and oxygen atoms in total. The van der Waals surface area contributed by atoms with Crippen LogP contribution in [0.25, 0.3) is 11.1 Å². The minimum absolute atomic E-state index is 0.368. The molecule has 0 saturated heterocycles. The van der Waals surface area contributed by atoms with Gasteiger partial charge in [0, 0.05) is 10.6 Å². The first-order valence-electron chi connectivity index (χ1n) is 4.42. The van der Waals surface area contributed by atoms with Crippen LogP contribution in [0.3, 0.4) is 0 Å². The summed E-state index contributed by atoms with van der Waals surface area (Å²) >= 11 is 5.98. The number of phenols is 1. The van der Waals surface area contributed by atoms with Gasteiger partial charge < -0.3 is 5.11 Å². The number of phenolic OH excluding ortho intramolecular Hbond substituents is 1. The molecule has 15 heavy (non-hydrogen) atoms. The van der Waals surface area contributed by atoms with Gasteiger partial charge in [0.15, 0.2) is 11.6 Å². The van der Waals surface area contributed by atoms with Crippen molar-refractivity contribution in [2.24, 2.45) is 0 Å². The van der Waals surface area contributed by atoms with Crippen LogP contribution in [0.5, 0.6) is 5.75 Å². The fourth-order valence-electron chi connectivity index (χ4n) is 1.38. The lowest BCUT2D eigenvalue weighted by Crippen LogP contribution is -1.81. The van der Waals surface area contributed by atoms with E-state index < -0.39 is 5.82 Å². The molecule has 0 aliphatic rings. The average molecular weight is 223 g/mol. The van der Waals surface area contributed by atoms with Crippen LogP contribution in [0.1, 0.15) is 0 Å². The second kappa shape index (κ2) is 3.91. The van der Waals surface area contributed by atoms with E-state index in [1.807, 2.05) is 18.2 Å². The summed E-state index contributed by atoms with van der Waals surface area (Å²) in [5.74, 6) is -1.00. The SMILES string of the molecule is Oc1cc(-c2ccccc2Cl)ccc1F. The topological polar surface area (TPSA) is 20.2 Å². The first kappa shape index (κ1) is 9.99. The molecule has 0 aliphatic heterocycles. The molecule has 2 aromatic rings. The van der Waals surface area contributed by atoms with Crippen molar-refractivity contribution in [3.05, 3.63) is 53.3 Å². The zero-order valence-electron chi connectivity index (χ0n) is 7.74. The summed E-state index contributed by atoms with van der Waals surface area (Å²) in [6, 6.07) is 11.4. The molecule has 0 atom stereocenters. The van der Waals surface area contributed by atoms with E-state index in [0.29, 0.717) is 10.6 Å². The van der Waals surface area contributed by atoms with Gasteiger partial charge in [0.1, 0.15) is 0 Å². The van der Waals surface area contributed by atoms with Crippen molar-refractivity contribution >= 4 is 11.6 Å². The maximum absolute atomic E-state index is 12.8. The highest BCUT2D eigenvalue weighted by molar-refractivity contribution is 6.33. The predicted octanol–water partition coefficient (Wildman–Crippen LogP) is 3.85. The number of halogens is 2. The third kappa shape index (κ3) is 1.95. The molecule has 0 bridgehead atoms. The predicted molar refractivity (Wildman–Crippen MR) is 58.5 cm³/mol. The van der Waals surface area contributed by atoms with Gasteiger partial charge in [-0.3, -0.25) is 0 Å². The quantitative estimate of drug-likeness (QED) is 0.777. The summed E-state index contributed by atoms with van der Waals surface area (Å²) in [6.45, 7) is 0. The first-order valence-corrected chi connectivity index (χ1v) is 4.79. The largest absolute Gasteiger partial charge is 0.505 e. The van der Waals surface area contributed by atoms with Gasteiger partial charge in [-0.1, -0.05) is 35.9 Å². The molecule has 76 valence electrons. The van der Waals surface area contributed by atoms with Gasteiger partial charge in [0.05, 0.1) is 0 Å². The van der Waals surface area contributed by atoms with Crippen molar-refractivity contribution < 1.29 is 9.50 Å². The molecule has 1 N–H and O–H groups in total. The Morgan fingerprint density at radius 1 is 1.07 bits per heavy atom. The summed E-state index contributed by atoms with van der Waals surface area (Å²) in [6.07, 6.45) is 0. The second-order valence-electron chi connectivity index (χ2n) is 3.15. The maximum Gasteiger partial charge on any atom is 0.164 e. The molecule has 0 heterocycles. The molecule has 0 radical (unpaired) electrons. The highest BCUT2D eigenvalue weighted by atomic mass is 35.5. The van der Waals surface area contributed by atoms with Crippen LogP contribution in [0, 0.1) is 5.82 Å². The summed E-state index contributed by atoms with van der Waals surface area (Å²) < 4.78 is 12.8. The van der Waals surface area contributed by atoms with Crippen molar-refractivity contribution in [2.75, 3.05) is 0 Å². The minimum Gasteiger partial charge on any atom is -0.505 e. The summed E-state index contributed by atoms with van der Waals surface area (Å²) in [5.41, 5.74) is 1.47. The zero-order valence-corrected chi connectivity index (χ0v) is 8.50. The molecule has 0 aliphatic carbocycles. The molecule has 2 rings (SSSR count). The highest BCUT2D eigenvalue weighted by Gasteiger charge is 2.05. The van der Waals surface area contributed by atoms with Gasteiger partial charge in [0.2, 0.25) is 0 Å². The Balaban J connectivity index is 2.55. The number of hydrogen-bond acceptors (Lipinski definition) is 1. The van der Waals surface area contributed by atoms with Crippen LogP contribution in [0.2, 0.25) is 5.02 Å². The lowest BCUT2D eigenvalue weighted by Gasteiger charge is -2.04. The molecule has 0 spiro atoms. The van der Waals surface area contributed by atoms with Gasteiger partial charge in [-0.05, 0) is 23.8 Å². The van der Waals surface area contributed by atoms with E-state index in [1.165, 1.54) is 12.1 Å². The number of hydrogen-bond donors (Lipinski definition) is 1. The van der Waals surface area contributed by atoms with Gasteiger partial charge in [-0.15, -0.1) is 0 Å². The molecular weight excluding hydrogens is 215 g/mol. The minimum atomic E-state index is -0.634. The van der Waals surface area contributed by atoms with Gasteiger partial charge in [0.25, 0.3) is 0 Å². The molecule has 2 aromatic carbocycles. The second-order valence-corrected chi connectivity index (χ2v) is 3.55. The Morgan fingerprint density at radius 2 is 1.80 bits per heavy atom. The molecular formula is C12H8ClFO. The van der Waals surface area contributed by atoms with Gasteiger partial charge in [-0.2, -0.15) is 0 Å². The van der Waals surface area contributed by atoms with Crippen molar-refractivity contribution in [1.82, 2.24) is 0 Å². The van der Waals surface area contributed by atoms with Crippen molar-refractivity contribution in [2.45, 2.75) is 0 Å². The fourth-order valence-corrected chi connectivity index (χ4v) is 1.62. The Kier molecular flexibility index (Phi) is 2.60. The van der Waals surface area contributed by atoms with E-state index >= 15 is 0 Å². The third-order valence-corrected chi connectivity index (χ3v) is 2.46. The van der Waals surface area contributed by atoms with Crippen LogP contribution >= 0.6 is 11.6 Å². The Labute approximate surface area is 91.8 Å². The van der Waals surface area contributed by atoms with Crippen molar-refractivity contribution in [1.29, 1.82) is 0 Å². The normalized spacial score (nSPS) is 10.3. The molecule has 0 saturated carbocycles. The van der Waals surface area contributed by atoms with Crippen molar-refractivity contribution in [3.8, 4) is 16.9 Å². The van der Waals surface area contributed by atoms with Crippen LogP contribution < -0.4 is 0 Å². The molecule has 0 unspecified atom stereocenters. The van der Waals surface area contributed by atoms with Gasteiger partial charge >= 0.3 is 0 Å². The number of benzene rings is 2. The average Bonchev–Trinajstić information content (AvgIpc) is 2.23. The molecule has 0 amide bonds. The van der Waals surface area contributed by atoms with E-state index in [4.69, 9.17) is 11.6 Å². The van der Waals surface area contributed by atoms with E-state index in [2.05, 4.69) is 0 Å². The molecule has 3 heteroatoms. The number of rotatable bonds is 1. The first-order chi connectivity index (χ1) is 7.18.